The molecule has 0 aromatic heterocycles. The number of carbonyl (C=O) groups is 1. The standard InChI is InChI=1S/C14H13BrN2O3S/c1-10-5-7-13(8-6-10)21(19,20)17-14(18)16-12-4-2-3-11(15)9-12/h2-9H,1H3,(H2,16,17,18). The highest BCUT2D eigenvalue weighted by atomic mass is 79.9. The molecule has 2 amide bonds. The highest BCUT2D eigenvalue weighted by Gasteiger charge is 2.17. The summed E-state index contributed by atoms with van der Waals surface area (Å²) in [7, 11) is -3.88. The summed E-state index contributed by atoms with van der Waals surface area (Å²) >= 11 is 3.27. The van der Waals surface area contributed by atoms with Crippen molar-refractivity contribution in [1.82, 2.24) is 4.72 Å². The fourth-order valence-corrected chi connectivity index (χ4v) is 2.93. The summed E-state index contributed by atoms with van der Waals surface area (Å²) in [4.78, 5) is 11.8. The lowest BCUT2D eigenvalue weighted by Gasteiger charge is -2.09. The summed E-state index contributed by atoms with van der Waals surface area (Å²) in [5, 5.41) is 2.46. The summed E-state index contributed by atoms with van der Waals surface area (Å²) < 4.78 is 26.8. The predicted molar refractivity (Wildman–Crippen MR) is 84.7 cm³/mol. The Morgan fingerprint density at radius 2 is 1.76 bits per heavy atom. The molecule has 2 N–H and O–H groups in total. The first-order valence-corrected chi connectivity index (χ1v) is 8.30. The summed E-state index contributed by atoms with van der Waals surface area (Å²) in [5.41, 5.74) is 1.42. The Balaban J connectivity index is 2.09. The third-order valence-corrected chi connectivity index (χ3v) is 4.48. The van der Waals surface area contributed by atoms with E-state index in [0.29, 0.717) is 5.69 Å². The van der Waals surface area contributed by atoms with E-state index in [9.17, 15) is 13.2 Å². The zero-order chi connectivity index (χ0) is 15.5. The maximum Gasteiger partial charge on any atom is 0.333 e. The molecule has 0 aliphatic carbocycles. The number of sulfonamides is 1. The third kappa shape index (κ3) is 4.30. The van der Waals surface area contributed by atoms with Gasteiger partial charge in [0, 0.05) is 10.2 Å². The van der Waals surface area contributed by atoms with Crippen LogP contribution in [0, 0.1) is 6.92 Å². The van der Waals surface area contributed by atoms with Crippen LogP contribution in [0.3, 0.4) is 0 Å². The van der Waals surface area contributed by atoms with Crippen molar-refractivity contribution in [3.8, 4) is 0 Å². The number of amides is 2. The van der Waals surface area contributed by atoms with E-state index in [-0.39, 0.29) is 4.90 Å². The molecule has 0 saturated carbocycles. The lowest BCUT2D eigenvalue weighted by Crippen LogP contribution is -2.34. The van der Waals surface area contributed by atoms with Crippen molar-refractivity contribution in [2.24, 2.45) is 0 Å². The second kappa shape index (κ2) is 6.28. The van der Waals surface area contributed by atoms with Gasteiger partial charge >= 0.3 is 6.03 Å². The van der Waals surface area contributed by atoms with E-state index >= 15 is 0 Å². The van der Waals surface area contributed by atoms with Crippen LogP contribution in [0.4, 0.5) is 10.5 Å². The molecule has 2 aromatic rings. The number of carbonyl (C=O) groups excluding carboxylic acids is 1. The van der Waals surface area contributed by atoms with Crippen molar-refractivity contribution in [3.63, 3.8) is 0 Å². The minimum Gasteiger partial charge on any atom is -0.307 e. The van der Waals surface area contributed by atoms with Gasteiger partial charge in [-0.15, -0.1) is 0 Å². The van der Waals surface area contributed by atoms with Gasteiger partial charge in [-0.2, -0.15) is 0 Å². The van der Waals surface area contributed by atoms with E-state index in [1.54, 1.807) is 36.4 Å². The van der Waals surface area contributed by atoms with Crippen LogP contribution in [0.15, 0.2) is 57.9 Å². The molecule has 0 heterocycles. The van der Waals surface area contributed by atoms with Crippen LogP contribution >= 0.6 is 15.9 Å². The molecule has 21 heavy (non-hydrogen) atoms. The average Bonchev–Trinajstić information content (AvgIpc) is 2.38. The zero-order valence-corrected chi connectivity index (χ0v) is 13.5. The third-order valence-electron chi connectivity index (χ3n) is 2.64. The number of hydrogen-bond donors (Lipinski definition) is 2. The van der Waals surface area contributed by atoms with Crippen LogP contribution in [0.25, 0.3) is 0 Å². The number of halogens is 1. The van der Waals surface area contributed by atoms with Crippen LogP contribution in [0.2, 0.25) is 0 Å². The SMILES string of the molecule is Cc1ccc(S(=O)(=O)NC(=O)Nc2cccc(Br)c2)cc1. The number of rotatable bonds is 3. The van der Waals surface area contributed by atoms with Gasteiger partial charge < -0.3 is 5.32 Å². The van der Waals surface area contributed by atoms with Crippen LogP contribution in [-0.2, 0) is 10.0 Å². The van der Waals surface area contributed by atoms with Crippen molar-refractivity contribution >= 4 is 37.7 Å². The van der Waals surface area contributed by atoms with Crippen molar-refractivity contribution in [1.29, 1.82) is 0 Å². The van der Waals surface area contributed by atoms with Crippen LogP contribution in [-0.4, -0.2) is 14.4 Å². The summed E-state index contributed by atoms with van der Waals surface area (Å²) in [6.07, 6.45) is 0. The molecular formula is C14H13BrN2O3S. The van der Waals surface area contributed by atoms with E-state index in [2.05, 4.69) is 21.2 Å². The van der Waals surface area contributed by atoms with E-state index in [1.807, 2.05) is 11.6 Å². The average molecular weight is 369 g/mol. The molecule has 7 heteroatoms. The predicted octanol–water partition coefficient (Wildman–Crippen LogP) is 3.27. The molecule has 0 saturated heterocycles. The number of anilines is 1. The van der Waals surface area contributed by atoms with Crippen LogP contribution in [0.1, 0.15) is 5.56 Å². The second-order valence-corrected chi connectivity index (χ2v) is 6.98. The number of benzene rings is 2. The highest BCUT2D eigenvalue weighted by molar-refractivity contribution is 9.10. The Labute approximate surface area is 131 Å². The smallest absolute Gasteiger partial charge is 0.307 e. The van der Waals surface area contributed by atoms with Gasteiger partial charge in [-0.25, -0.2) is 17.9 Å². The van der Waals surface area contributed by atoms with Gasteiger partial charge in [0.15, 0.2) is 0 Å². The minimum atomic E-state index is -3.88. The maximum absolute atomic E-state index is 12.0. The molecule has 0 bridgehead atoms. The fourth-order valence-electron chi connectivity index (χ4n) is 1.62. The van der Waals surface area contributed by atoms with Gasteiger partial charge in [-0.05, 0) is 37.3 Å². The molecule has 2 rings (SSSR count). The molecule has 0 atom stereocenters. The molecule has 0 radical (unpaired) electrons. The van der Waals surface area contributed by atoms with E-state index in [0.717, 1.165) is 10.0 Å². The van der Waals surface area contributed by atoms with Gasteiger partial charge in [0.25, 0.3) is 10.0 Å². The van der Waals surface area contributed by atoms with E-state index in [4.69, 9.17) is 0 Å². The van der Waals surface area contributed by atoms with Crippen molar-refractivity contribution in [2.75, 3.05) is 5.32 Å². The summed E-state index contributed by atoms with van der Waals surface area (Å²) in [6.45, 7) is 1.85. The van der Waals surface area contributed by atoms with Gasteiger partial charge in [-0.1, -0.05) is 39.7 Å². The largest absolute Gasteiger partial charge is 0.333 e. The Morgan fingerprint density at radius 1 is 1.10 bits per heavy atom. The fraction of sp³-hybridized carbons (Fsp3) is 0.0714. The molecule has 0 unspecified atom stereocenters. The van der Waals surface area contributed by atoms with E-state index in [1.165, 1.54) is 12.1 Å². The first-order chi connectivity index (χ1) is 9.87. The van der Waals surface area contributed by atoms with Crippen molar-refractivity contribution in [3.05, 3.63) is 58.6 Å². The molecule has 0 spiro atoms. The zero-order valence-electron chi connectivity index (χ0n) is 11.1. The highest BCUT2D eigenvalue weighted by Crippen LogP contribution is 2.16. The maximum atomic E-state index is 12.0. The topological polar surface area (TPSA) is 75.3 Å². The summed E-state index contributed by atoms with van der Waals surface area (Å²) in [6, 6.07) is 12.3. The van der Waals surface area contributed by atoms with Crippen molar-refractivity contribution in [2.45, 2.75) is 11.8 Å². The molecule has 0 aliphatic heterocycles. The Morgan fingerprint density at radius 3 is 2.38 bits per heavy atom. The normalized spacial score (nSPS) is 11.0. The lowest BCUT2D eigenvalue weighted by molar-refractivity contribution is 0.256. The van der Waals surface area contributed by atoms with Gasteiger partial charge in [0.1, 0.15) is 0 Å². The quantitative estimate of drug-likeness (QED) is 0.872. The molecule has 0 aliphatic rings. The number of hydrogen-bond acceptors (Lipinski definition) is 3. The second-order valence-electron chi connectivity index (χ2n) is 4.38. The molecule has 0 fully saturated rings. The van der Waals surface area contributed by atoms with Gasteiger partial charge in [0.05, 0.1) is 4.90 Å². The molecular weight excluding hydrogens is 356 g/mol. The molecule has 5 nitrogen and oxygen atoms in total. The van der Waals surface area contributed by atoms with E-state index < -0.39 is 16.1 Å². The number of nitrogens with one attached hydrogen (secondary N) is 2. The van der Waals surface area contributed by atoms with Crippen LogP contribution in [0.5, 0.6) is 0 Å². The first-order valence-electron chi connectivity index (χ1n) is 6.03. The Kier molecular flexibility index (Phi) is 4.64. The Bertz CT molecular complexity index is 758. The number of urea groups is 1. The first kappa shape index (κ1) is 15.5. The van der Waals surface area contributed by atoms with Gasteiger partial charge in [0.2, 0.25) is 0 Å². The summed E-state index contributed by atoms with van der Waals surface area (Å²) in [5.74, 6) is 0. The monoisotopic (exact) mass is 368 g/mol. The number of aryl methyl sites for hydroxylation is 1. The van der Waals surface area contributed by atoms with Crippen molar-refractivity contribution < 1.29 is 13.2 Å². The van der Waals surface area contributed by atoms with Gasteiger partial charge in [-0.3, -0.25) is 0 Å². The Hall–Kier alpha value is -1.86. The van der Waals surface area contributed by atoms with Crippen LogP contribution < -0.4 is 10.0 Å². The molecule has 2 aromatic carbocycles. The lowest BCUT2D eigenvalue weighted by atomic mass is 10.2. The minimum absolute atomic E-state index is 0.0393. The molecule has 110 valence electrons.